The van der Waals surface area contributed by atoms with Gasteiger partial charge in [-0.3, -0.25) is 9.48 Å². The minimum atomic E-state index is 0.0588. The number of hydrogen-bond acceptors (Lipinski definition) is 3. The van der Waals surface area contributed by atoms with Crippen LogP contribution >= 0.6 is 0 Å². The third-order valence-electron chi connectivity index (χ3n) is 3.30. The number of nitrogens with zero attached hydrogens (tertiary/aromatic N) is 3. The molecule has 0 spiro atoms. The van der Waals surface area contributed by atoms with Crippen molar-refractivity contribution in [2.45, 2.75) is 19.4 Å². The number of aryl methyl sites for hydroxylation is 1. The maximum absolute atomic E-state index is 12.2. The van der Waals surface area contributed by atoms with Crippen LogP contribution in [0.1, 0.15) is 23.8 Å². The van der Waals surface area contributed by atoms with Crippen molar-refractivity contribution in [1.29, 1.82) is 0 Å². The van der Waals surface area contributed by atoms with Crippen LogP contribution in [0.3, 0.4) is 0 Å². The Labute approximate surface area is 95.2 Å². The van der Waals surface area contributed by atoms with Crippen LogP contribution in [0.4, 0.5) is 0 Å². The number of carbonyl (C=O) groups excluding carboxylic acids is 1. The molecule has 16 heavy (non-hydrogen) atoms. The lowest BCUT2D eigenvalue weighted by Crippen LogP contribution is -2.35. The predicted molar refractivity (Wildman–Crippen MR) is 60.9 cm³/mol. The second-order valence-corrected chi connectivity index (χ2v) is 4.48. The molecule has 1 amide bonds. The van der Waals surface area contributed by atoms with Crippen LogP contribution in [0.25, 0.3) is 0 Å². The first-order valence-corrected chi connectivity index (χ1v) is 5.62. The van der Waals surface area contributed by atoms with Crippen molar-refractivity contribution in [1.82, 2.24) is 14.7 Å². The lowest BCUT2D eigenvalue weighted by molar-refractivity contribution is 0.0732. The summed E-state index contributed by atoms with van der Waals surface area (Å²) in [5.41, 5.74) is 6.29. The molecule has 1 aliphatic heterocycles. The first kappa shape index (κ1) is 11.1. The highest BCUT2D eigenvalue weighted by atomic mass is 16.2. The first-order chi connectivity index (χ1) is 7.63. The van der Waals surface area contributed by atoms with E-state index in [4.69, 9.17) is 5.73 Å². The summed E-state index contributed by atoms with van der Waals surface area (Å²) in [5.74, 6) is 0.496. The van der Waals surface area contributed by atoms with Gasteiger partial charge in [0.05, 0.1) is 0 Å². The molecule has 5 nitrogen and oxygen atoms in total. The Kier molecular flexibility index (Phi) is 2.96. The highest BCUT2D eigenvalue weighted by Crippen LogP contribution is 2.23. The molecule has 0 saturated carbocycles. The zero-order valence-corrected chi connectivity index (χ0v) is 9.76. The maximum Gasteiger partial charge on any atom is 0.272 e. The topological polar surface area (TPSA) is 64.2 Å². The van der Waals surface area contributed by atoms with E-state index in [0.29, 0.717) is 18.2 Å². The molecule has 1 aromatic rings. The summed E-state index contributed by atoms with van der Waals surface area (Å²) in [6, 6.07) is 2.03. The SMILES string of the molecule is CC1CC(CN)CN1C(=O)c1ccnn1C. The molecule has 1 aromatic heterocycles. The Morgan fingerprint density at radius 2 is 2.44 bits per heavy atom. The van der Waals surface area contributed by atoms with Gasteiger partial charge in [0.25, 0.3) is 5.91 Å². The van der Waals surface area contributed by atoms with Gasteiger partial charge in [0.1, 0.15) is 5.69 Å². The molecule has 0 bridgehead atoms. The van der Waals surface area contributed by atoms with Gasteiger partial charge in [-0.15, -0.1) is 0 Å². The first-order valence-electron chi connectivity index (χ1n) is 5.62. The number of hydrogen-bond donors (Lipinski definition) is 1. The molecule has 5 heteroatoms. The van der Waals surface area contributed by atoms with E-state index in [9.17, 15) is 4.79 Å². The molecular formula is C11H18N4O. The summed E-state index contributed by atoms with van der Waals surface area (Å²) in [4.78, 5) is 14.1. The summed E-state index contributed by atoms with van der Waals surface area (Å²) in [6.07, 6.45) is 2.65. The molecule has 1 aliphatic rings. The van der Waals surface area contributed by atoms with E-state index in [1.54, 1.807) is 24.0 Å². The van der Waals surface area contributed by atoms with Gasteiger partial charge in [0.2, 0.25) is 0 Å². The molecule has 2 N–H and O–H groups in total. The standard InChI is InChI=1S/C11H18N4O/c1-8-5-9(6-12)7-15(8)11(16)10-3-4-13-14(10)2/h3-4,8-9H,5-7,12H2,1-2H3. The summed E-state index contributed by atoms with van der Waals surface area (Å²) in [6.45, 7) is 3.49. The fourth-order valence-corrected chi connectivity index (χ4v) is 2.33. The van der Waals surface area contributed by atoms with Crippen LogP contribution in [-0.4, -0.2) is 39.7 Å². The summed E-state index contributed by atoms with van der Waals surface area (Å²) in [5, 5.41) is 4.02. The fourth-order valence-electron chi connectivity index (χ4n) is 2.33. The highest BCUT2D eigenvalue weighted by molar-refractivity contribution is 5.92. The molecule has 2 rings (SSSR count). The second-order valence-electron chi connectivity index (χ2n) is 4.48. The highest BCUT2D eigenvalue weighted by Gasteiger charge is 2.32. The van der Waals surface area contributed by atoms with Crippen molar-refractivity contribution in [3.63, 3.8) is 0 Å². The van der Waals surface area contributed by atoms with Crippen molar-refractivity contribution in [3.05, 3.63) is 18.0 Å². The lowest BCUT2D eigenvalue weighted by atomic mass is 10.1. The van der Waals surface area contributed by atoms with Crippen molar-refractivity contribution >= 4 is 5.91 Å². The maximum atomic E-state index is 12.2. The van der Waals surface area contributed by atoms with Crippen molar-refractivity contribution in [2.75, 3.05) is 13.1 Å². The van der Waals surface area contributed by atoms with Crippen LogP contribution in [0, 0.1) is 5.92 Å². The third kappa shape index (κ3) is 1.82. The van der Waals surface area contributed by atoms with Gasteiger partial charge in [-0.25, -0.2) is 0 Å². The lowest BCUT2D eigenvalue weighted by Gasteiger charge is -2.21. The minimum Gasteiger partial charge on any atom is -0.334 e. The summed E-state index contributed by atoms with van der Waals surface area (Å²) in [7, 11) is 1.79. The molecule has 1 saturated heterocycles. The number of carbonyl (C=O) groups is 1. The molecule has 1 fully saturated rings. The van der Waals surface area contributed by atoms with Gasteiger partial charge >= 0.3 is 0 Å². The average Bonchev–Trinajstić information content (AvgIpc) is 2.83. The molecule has 0 aliphatic carbocycles. The van der Waals surface area contributed by atoms with Crippen LogP contribution in [0.5, 0.6) is 0 Å². The van der Waals surface area contributed by atoms with E-state index in [1.807, 2.05) is 4.90 Å². The third-order valence-corrected chi connectivity index (χ3v) is 3.30. The zero-order chi connectivity index (χ0) is 11.7. The Bertz CT molecular complexity index is 387. The Balaban J connectivity index is 2.14. The predicted octanol–water partition coefficient (Wildman–Crippen LogP) is 0.229. The monoisotopic (exact) mass is 222 g/mol. The number of aromatic nitrogens is 2. The number of amides is 1. The van der Waals surface area contributed by atoms with E-state index in [-0.39, 0.29) is 11.9 Å². The fraction of sp³-hybridized carbons (Fsp3) is 0.636. The molecule has 0 radical (unpaired) electrons. The van der Waals surface area contributed by atoms with E-state index in [1.165, 1.54) is 0 Å². The van der Waals surface area contributed by atoms with Crippen LogP contribution in [0.15, 0.2) is 12.3 Å². The second kappa shape index (κ2) is 4.25. The van der Waals surface area contributed by atoms with Crippen molar-refractivity contribution < 1.29 is 4.79 Å². The Morgan fingerprint density at radius 3 is 2.94 bits per heavy atom. The van der Waals surface area contributed by atoms with Crippen LogP contribution in [0.2, 0.25) is 0 Å². The molecular weight excluding hydrogens is 204 g/mol. The van der Waals surface area contributed by atoms with Crippen LogP contribution in [-0.2, 0) is 7.05 Å². The number of nitrogens with two attached hydrogens (primary N) is 1. The van der Waals surface area contributed by atoms with Gasteiger partial charge < -0.3 is 10.6 Å². The van der Waals surface area contributed by atoms with Gasteiger partial charge in [-0.05, 0) is 31.9 Å². The molecule has 2 unspecified atom stereocenters. The van der Waals surface area contributed by atoms with E-state index >= 15 is 0 Å². The largest absolute Gasteiger partial charge is 0.334 e. The van der Waals surface area contributed by atoms with Crippen molar-refractivity contribution in [2.24, 2.45) is 18.7 Å². The quantitative estimate of drug-likeness (QED) is 0.779. The minimum absolute atomic E-state index is 0.0588. The molecule has 0 aromatic carbocycles. The Morgan fingerprint density at radius 1 is 1.69 bits per heavy atom. The van der Waals surface area contributed by atoms with E-state index < -0.39 is 0 Å². The zero-order valence-electron chi connectivity index (χ0n) is 9.76. The van der Waals surface area contributed by atoms with Crippen molar-refractivity contribution in [3.8, 4) is 0 Å². The van der Waals surface area contributed by atoms with Crippen LogP contribution < -0.4 is 5.73 Å². The van der Waals surface area contributed by atoms with E-state index in [2.05, 4.69) is 12.0 Å². The number of likely N-dealkylation sites (tertiary alicyclic amines) is 1. The number of rotatable bonds is 2. The van der Waals surface area contributed by atoms with Gasteiger partial charge in [-0.1, -0.05) is 0 Å². The smallest absolute Gasteiger partial charge is 0.272 e. The summed E-state index contributed by atoms with van der Waals surface area (Å²) >= 11 is 0. The Hall–Kier alpha value is -1.36. The average molecular weight is 222 g/mol. The normalized spacial score (nSPS) is 25.1. The summed E-state index contributed by atoms with van der Waals surface area (Å²) < 4.78 is 1.62. The molecule has 2 atom stereocenters. The van der Waals surface area contributed by atoms with Gasteiger partial charge in [0.15, 0.2) is 0 Å². The molecule has 88 valence electrons. The van der Waals surface area contributed by atoms with Gasteiger partial charge in [-0.2, -0.15) is 5.10 Å². The van der Waals surface area contributed by atoms with E-state index in [0.717, 1.165) is 13.0 Å². The molecule has 2 heterocycles. The van der Waals surface area contributed by atoms with Gasteiger partial charge in [0, 0.05) is 25.8 Å².